The van der Waals surface area contributed by atoms with Crippen LogP contribution in [0.4, 0.5) is 0 Å². The fourth-order valence-corrected chi connectivity index (χ4v) is 3.80. The quantitative estimate of drug-likeness (QED) is 0.389. The van der Waals surface area contributed by atoms with Crippen molar-refractivity contribution < 1.29 is 9.53 Å². The smallest absolute Gasteiger partial charge is 0.264 e. The van der Waals surface area contributed by atoms with E-state index in [1.54, 1.807) is 19.2 Å². The summed E-state index contributed by atoms with van der Waals surface area (Å²) in [6, 6.07) is 20.8. The molecule has 1 N–H and O–H groups in total. The SMILES string of the molecule is CCC(C)(Oc1ccccn1)C(=O)NC(C)C(Cc1ccc(Cl)cc1)c1ccc(Cl)cc1. The highest BCUT2D eigenvalue weighted by atomic mass is 35.5. The first-order valence-electron chi connectivity index (χ1n) is 10.7. The summed E-state index contributed by atoms with van der Waals surface area (Å²) in [4.78, 5) is 17.5. The number of rotatable bonds is 9. The molecule has 3 atom stereocenters. The van der Waals surface area contributed by atoms with Gasteiger partial charge in [0.25, 0.3) is 5.91 Å². The van der Waals surface area contributed by atoms with Crippen LogP contribution in [0.25, 0.3) is 0 Å². The van der Waals surface area contributed by atoms with Gasteiger partial charge in [-0.25, -0.2) is 4.98 Å². The minimum Gasteiger partial charge on any atom is -0.461 e. The monoisotopic (exact) mass is 470 g/mol. The number of aromatic nitrogens is 1. The van der Waals surface area contributed by atoms with Crippen molar-refractivity contribution in [2.75, 3.05) is 0 Å². The molecule has 0 bridgehead atoms. The van der Waals surface area contributed by atoms with Crippen LogP contribution in [-0.2, 0) is 11.2 Å². The van der Waals surface area contributed by atoms with E-state index in [9.17, 15) is 4.79 Å². The fraction of sp³-hybridized carbons (Fsp3) is 0.308. The Morgan fingerprint density at radius 1 is 1.03 bits per heavy atom. The molecule has 0 fully saturated rings. The summed E-state index contributed by atoms with van der Waals surface area (Å²) < 4.78 is 5.99. The Balaban J connectivity index is 1.81. The lowest BCUT2D eigenvalue weighted by Gasteiger charge is -2.32. The Kier molecular flexibility index (Phi) is 8.16. The summed E-state index contributed by atoms with van der Waals surface area (Å²) >= 11 is 12.2. The van der Waals surface area contributed by atoms with Crippen molar-refractivity contribution in [2.45, 2.75) is 51.2 Å². The molecular weight excluding hydrogens is 443 g/mol. The molecule has 4 nitrogen and oxygen atoms in total. The van der Waals surface area contributed by atoms with E-state index in [0.29, 0.717) is 22.3 Å². The Bertz CT molecular complexity index is 1010. The highest BCUT2D eigenvalue weighted by molar-refractivity contribution is 6.30. The van der Waals surface area contributed by atoms with E-state index in [2.05, 4.69) is 10.3 Å². The minimum absolute atomic E-state index is 0.0355. The summed E-state index contributed by atoms with van der Waals surface area (Å²) in [6.07, 6.45) is 2.89. The number of nitrogens with zero attached hydrogens (tertiary/aromatic N) is 1. The van der Waals surface area contributed by atoms with Gasteiger partial charge in [-0.05, 0) is 68.1 Å². The molecule has 1 aromatic heterocycles. The van der Waals surface area contributed by atoms with Gasteiger partial charge in [0.15, 0.2) is 5.60 Å². The molecule has 0 aliphatic heterocycles. The standard InChI is InChI=1S/C26H28Cl2N2O2/c1-4-26(3,32-24-7-5-6-16-29-24)25(31)30-18(2)23(20-10-14-22(28)15-11-20)17-19-8-12-21(27)13-9-19/h5-16,18,23H,4,17H2,1-3H3,(H,30,31). The molecule has 0 saturated carbocycles. The molecule has 32 heavy (non-hydrogen) atoms. The van der Waals surface area contributed by atoms with Crippen LogP contribution in [0.5, 0.6) is 5.88 Å². The van der Waals surface area contributed by atoms with E-state index in [1.165, 1.54) is 0 Å². The molecule has 1 heterocycles. The number of hydrogen-bond acceptors (Lipinski definition) is 3. The number of pyridine rings is 1. The number of hydrogen-bond donors (Lipinski definition) is 1. The molecule has 168 valence electrons. The molecule has 0 aliphatic rings. The minimum atomic E-state index is -1.03. The Morgan fingerprint density at radius 2 is 1.66 bits per heavy atom. The number of nitrogens with one attached hydrogen (secondary N) is 1. The fourth-order valence-electron chi connectivity index (χ4n) is 3.55. The van der Waals surface area contributed by atoms with Gasteiger partial charge in [-0.1, -0.05) is 60.5 Å². The number of ether oxygens (including phenoxy) is 1. The zero-order chi connectivity index (χ0) is 23.1. The van der Waals surface area contributed by atoms with Gasteiger partial charge in [0.2, 0.25) is 5.88 Å². The number of carbonyl (C=O) groups is 1. The molecule has 1 amide bonds. The van der Waals surface area contributed by atoms with Gasteiger partial charge in [0.05, 0.1) is 0 Å². The predicted molar refractivity (Wildman–Crippen MR) is 131 cm³/mol. The van der Waals surface area contributed by atoms with Crippen molar-refractivity contribution in [3.8, 4) is 5.88 Å². The van der Waals surface area contributed by atoms with Gasteiger partial charge < -0.3 is 10.1 Å². The largest absolute Gasteiger partial charge is 0.461 e. The van der Waals surface area contributed by atoms with Crippen molar-refractivity contribution in [2.24, 2.45) is 0 Å². The summed E-state index contributed by atoms with van der Waals surface area (Å²) in [7, 11) is 0. The van der Waals surface area contributed by atoms with Gasteiger partial charge >= 0.3 is 0 Å². The second-order valence-corrected chi connectivity index (χ2v) is 8.98. The second-order valence-electron chi connectivity index (χ2n) is 8.11. The molecule has 0 aliphatic carbocycles. The Labute approximate surface area is 199 Å². The molecule has 6 heteroatoms. The third kappa shape index (κ3) is 6.24. The van der Waals surface area contributed by atoms with Crippen molar-refractivity contribution in [1.82, 2.24) is 10.3 Å². The van der Waals surface area contributed by atoms with Crippen LogP contribution in [-0.4, -0.2) is 22.5 Å². The van der Waals surface area contributed by atoms with Gasteiger partial charge in [-0.3, -0.25) is 4.79 Å². The second kappa shape index (κ2) is 10.8. The zero-order valence-corrected chi connectivity index (χ0v) is 20.0. The lowest BCUT2D eigenvalue weighted by Crippen LogP contribution is -2.52. The van der Waals surface area contributed by atoms with E-state index >= 15 is 0 Å². The van der Waals surface area contributed by atoms with Crippen LogP contribution in [0.3, 0.4) is 0 Å². The van der Waals surface area contributed by atoms with Gasteiger partial charge in [0.1, 0.15) is 0 Å². The Morgan fingerprint density at radius 3 is 2.22 bits per heavy atom. The third-order valence-electron chi connectivity index (χ3n) is 5.75. The van der Waals surface area contributed by atoms with Gasteiger partial charge in [-0.15, -0.1) is 0 Å². The molecule has 3 unspecified atom stereocenters. The Hall–Kier alpha value is -2.56. The van der Waals surface area contributed by atoms with Crippen LogP contribution >= 0.6 is 23.2 Å². The van der Waals surface area contributed by atoms with Crippen LogP contribution in [0.1, 0.15) is 44.2 Å². The van der Waals surface area contributed by atoms with Crippen molar-refractivity contribution >= 4 is 29.1 Å². The molecule has 0 saturated heterocycles. The normalized spacial score (nSPS) is 14.8. The van der Waals surface area contributed by atoms with E-state index in [-0.39, 0.29) is 17.9 Å². The van der Waals surface area contributed by atoms with Crippen LogP contribution in [0, 0.1) is 0 Å². The summed E-state index contributed by atoms with van der Waals surface area (Å²) in [5.74, 6) is 0.289. The first kappa shape index (κ1) is 24.1. The number of amides is 1. The maximum absolute atomic E-state index is 13.3. The number of halogens is 2. The zero-order valence-electron chi connectivity index (χ0n) is 18.5. The van der Waals surface area contributed by atoms with Crippen molar-refractivity contribution in [3.63, 3.8) is 0 Å². The van der Waals surface area contributed by atoms with Gasteiger partial charge in [0, 0.05) is 34.3 Å². The molecule has 3 aromatic rings. The molecule has 2 aromatic carbocycles. The molecule has 0 radical (unpaired) electrons. The maximum Gasteiger partial charge on any atom is 0.264 e. The predicted octanol–water partition coefficient (Wildman–Crippen LogP) is 6.47. The van der Waals surface area contributed by atoms with E-state index in [1.807, 2.05) is 74.5 Å². The lowest BCUT2D eigenvalue weighted by molar-refractivity contribution is -0.136. The van der Waals surface area contributed by atoms with E-state index in [0.717, 1.165) is 17.5 Å². The number of benzene rings is 2. The molecule has 3 rings (SSSR count). The molecule has 0 spiro atoms. The van der Waals surface area contributed by atoms with E-state index in [4.69, 9.17) is 27.9 Å². The first-order valence-corrected chi connectivity index (χ1v) is 11.5. The maximum atomic E-state index is 13.3. The van der Waals surface area contributed by atoms with E-state index < -0.39 is 5.60 Å². The average molecular weight is 471 g/mol. The van der Waals surface area contributed by atoms with Crippen molar-refractivity contribution in [1.29, 1.82) is 0 Å². The average Bonchev–Trinajstić information content (AvgIpc) is 2.80. The number of carbonyl (C=O) groups excluding carboxylic acids is 1. The van der Waals surface area contributed by atoms with Crippen LogP contribution < -0.4 is 10.1 Å². The summed E-state index contributed by atoms with van der Waals surface area (Å²) in [5.41, 5.74) is 1.20. The third-order valence-corrected chi connectivity index (χ3v) is 6.26. The lowest BCUT2D eigenvalue weighted by atomic mass is 9.86. The summed E-state index contributed by atoms with van der Waals surface area (Å²) in [6.45, 7) is 5.74. The van der Waals surface area contributed by atoms with Crippen LogP contribution in [0.2, 0.25) is 10.0 Å². The van der Waals surface area contributed by atoms with Crippen LogP contribution in [0.15, 0.2) is 72.9 Å². The topological polar surface area (TPSA) is 51.2 Å². The molecular formula is C26H28Cl2N2O2. The van der Waals surface area contributed by atoms with Gasteiger partial charge in [-0.2, -0.15) is 0 Å². The highest BCUT2D eigenvalue weighted by Gasteiger charge is 2.36. The summed E-state index contributed by atoms with van der Waals surface area (Å²) in [5, 5.41) is 4.56. The first-order chi connectivity index (χ1) is 15.3. The highest BCUT2D eigenvalue weighted by Crippen LogP contribution is 2.28. The van der Waals surface area contributed by atoms with Crippen molar-refractivity contribution in [3.05, 3.63) is 94.1 Å².